The lowest BCUT2D eigenvalue weighted by Gasteiger charge is -2.26. The highest BCUT2D eigenvalue weighted by Gasteiger charge is 2.22. The van der Waals surface area contributed by atoms with Crippen molar-refractivity contribution in [3.8, 4) is 17.2 Å². The summed E-state index contributed by atoms with van der Waals surface area (Å²) < 4.78 is 12.2. The summed E-state index contributed by atoms with van der Waals surface area (Å²) in [5.74, 6) is -2.07. The van der Waals surface area contributed by atoms with E-state index in [0.717, 1.165) is 5.69 Å². The largest absolute Gasteiger partial charge is 0.506 e. The normalized spacial score (nSPS) is 13.7. The van der Waals surface area contributed by atoms with E-state index >= 15 is 0 Å². The molecule has 34 heavy (non-hydrogen) atoms. The number of aryl methyl sites for hydroxylation is 1. The van der Waals surface area contributed by atoms with Crippen LogP contribution in [-0.4, -0.2) is 58.9 Å². The molecule has 1 aromatic heterocycles. The van der Waals surface area contributed by atoms with Gasteiger partial charge in [0.2, 0.25) is 0 Å². The van der Waals surface area contributed by atoms with Crippen molar-refractivity contribution >= 4 is 34.4 Å². The van der Waals surface area contributed by atoms with Crippen LogP contribution in [0.5, 0.6) is 17.2 Å². The second kappa shape index (κ2) is 9.24. The molecule has 1 saturated heterocycles. The van der Waals surface area contributed by atoms with Crippen LogP contribution in [0.2, 0.25) is 0 Å². The highest BCUT2D eigenvalue weighted by Crippen LogP contribution is 2.31. The molecule has 1 aliphatic heterocycles. The number of aromatic nitrogens is 1. The van der Waals surface area contributed by atoms with E-state index in [1.807, 2.05) is 0 Å². The molecule has 3 N–H and O–H groups in total. The molecule has 2 heterocycles. The van der Waals surface area contributed by atoms with Gasteiger partial charge in [-0.1, -0.05) is 0 Å². The fraction of sp³-hybridized carbons (Fsp3) is 0.217. The molecule has 11 heteroatoms. The number of carboxylic acids is 1. The Bertz CT molecular complexity index is 1350. The summed E-state index contributed by atoms with van der Waals surface area (Å²) in [6.07, 6.45) is 0. The molecule has 2 amide bonds. The number of aromatic hydroxyl groups is 1. The van der Waals surface area contributed by atoms with E-state index in [0.29, 0.717) is 30.2 Å². The van der Waals surface area contributed by atoms with E-state index in [-0.39, 0.29) is 17.9 Å². The average Bonchev–Trinajstić information content (AvgIpc) is 2.82. The molecular formula is C23H21N3O8. The molecule has 4 rings (SSSR count). The van der Waals surface area contributed by atoms with Crippen molar-refractivity contribution < 1.29 is 34.1 Å². The molecule has 176 valence electrons. The minimum absolute atomic E-state index is 0.0455. The van der Waals surface area contributed by atoms with E-state index in [1.165, 1.54) is 23.7 Å². The van der Waals surface area contributed by atoms with Gasteiger partial charge >= 0.3 is 5.97 Å². The van der Waals surface area contributed by atoms with Crippen LogP contribution in [0.15, 0.2) is 47.3 Å². The number of carbonyl (C=O) groups excluding carboxylic acids is 2. The summed E-state index contributed by atoms with van der Waals surface area (Å²) in [7, 11) is 1.43. The highest BCUT2D eigenvalue weighted by molar-refractivity contribution is 6.03. The molecule has 0 atom stereocenters. The Labute approximate surface area is 192 Å². The van der Waals surface area contributed by atoms with Gasteiger partial charge in [-0.15, -0.1) is 0 Å². The lowest BCUT2D eigenvalue weighted by molar-refractivity contribution is -0.135. The van der Waals surface area contributed by atoms with Crippen LogP contribution in [0.25, 0.3) is 10.9 Å². The van der Waals surface area contributed by atoms with Crippen molar-refractivity contribution in [1.82, 2.24) is 9.88 Å². The topological polar surface area (TPSA) is 147 Å². The van der Waals surface area contributed by atoms with Gasteiger partial charge in [0, 0.05) is 30.7 Å². The molecule has 1 fully saturated rings. The smallest absolute Gasteiger partial charge is 0.322 e. The summed E-state index contributed by atoms with van der Waals surface area (Å²) in [4.78, 5) is 49.2. The number of hydrogen-bond donors (Lipinski definition) is 3. The number of pyridine rings is 1. The van der Waals surface area contributed by atoms with Crippen LogP contribution in [0.3, 0.4) is 0 Å². The quantitative estimate of drug-likeness (QED) is 0.490. The van der Waals surface area contributed by atoms with Crippen molar-refractivity contribution in [2.24, 2.45) is 7.05 Å². The Balaban J connectivity index is 1.60. The molecule has 1 aliphatic rings. The molecule has 0 unspecified atom stereocenters. The summed E-state index contributed by atoms with van der Waals surface area (Å²) >= 11 is 0. The van der Waals surface area contributed by atoms with Crippen molar-refractivity contribution in [3.63, 3.8) is 0 Å². The zero-order valence-electron chi connectivity index (χ0n) is 18.1. The maximum absolute atomic E-state index is 12.7. The number of morpholine rings is 1. The number of fused-ring (bicyclic) bond motifs is 1. The Morgan fingerprint density at radius 3 is 2.50 bits per heavy atom. The first-order valence-electron chi connectivity index (χ1n) is 10.3. The molecule has 11 nitrogen and oxygen atoms in total. The van der Waals surface area contributed by atoms with E-state index < -0.39 is 35.3 Å². The predicted octanol–water partition coefficient (Wildman–Crippen LogP) is 1.21. The van der Waals surface area contributed by atoms with Gasteiger partial charge < -0.3 is 34.5 Å². The van der Waals surface area contributed by atoms with Gasteiger partial charge in [-0.05, 0) is 36.4 Å². The third-order valence-corrected chi connectivity index (χ3v) is 5.34. The molecule has 0 saturated carbocycles. The first-order valence-corrected chi connectivity index (χ1v) is 10.3. The summed E-state index contributed by atoms with van der Waals surface area (Å²) in [6, 6.07) is 11.5. The third kappa shape index (κ3) is 4.41. The fourth-order valence-corrected chi connectivity index (χ4v) is 3.64. The Kier molecular flexibility index (Phi) is 6.19. The lowest BCUT2D eigenvalue weighted by atomic mass is 10.1. The number of carbonyl (C=O) groups is 3. The van der Waals surface area contributed by atoms with Crippen molar-refractivity contribution in [2.75, 3.05) is 31.2 Å². The minimum Gasteiger partial charge on any atom is -0.506 e. The van der Waals surface area contributed by atoms with Crippen molar-refractivity contribution in [3.05, 3.63) is 58.4 Å². The lowest BCUT2D eigenvalue weighted by Crippen LogP contribution is -2.41. The Morgan fingerprint density at radius 2 is 1.82 bits per heavy atom. The molecule has 0 aliphatic carbocycles. The first kappa shape index (κ1) is 22.8. The van der Waals surface area contributed by atoms with E-state index in [4.69, 9.17) is 14.6 Å². The van der Waals surface area contributed by atoms with Gasteiger partial charge in [0.25, 0.3) is 17.4 Å². The number of carboxylic acid groups (broad SMARTS) is 1. The maximum atomic E-state index is 12.7. The van der Waals surface area contributed by atoms with Crippen LogP contribution in [0.1, 0.15) is 10.4 Å². The Morgan fingerprint density at radius 1 is 1.12 bits per heavy atom. The van der Waals surface area contributed by atoms with E-state index in [2.05, 4.69) is 5.32 Å². The standard InChI is InChI=1S/C23H21N3O8/c1-25-17-10-15(34-14-4-2-13(3-5-14)26-8-9-33-12-18(26)27)6-7-16(17)21(30)20(23(25)32)22(31)24-11-19(28)29/h2-7,10,30H,8-9,11-12H2,1H3,(H,24,31)(H,28,29). The van der Waals surface area contributed by atoms with Gasteiger partial charge in [-0.3, -0.25) is 19.2 Å². The van der Waals surface area contributed by atoms with Crippen LogP contribution >= 0.6 is 0 Å². The zero-order valence-corrected chi connectivity index (χ0v) is 18.1. The molecular weight excluding hydrogens is 446 g/mol. The number of rotatable bonds is 6. The van der Waals surface area contributed by atoms with E-state index in [1.54, 1.807) is 35.2 Å². The number of hydrogen-bond acceptors (Lipinski definition) is 7. The van der Waals surface area contributed by atoms with Crippen LogP contribution in [0, 0.1) is 0 Å². The van der Waals surface area contributed by atoms with Gasteiger partial charge in [0.05, 0.1) is 12.1 Å². The van der Waals surface area contributed by atoms with Gasteiger partial charge in [-0.25, -0.2) is 0 Å². The fourth-order valence-electron chi connectivity index (χ4n) is 3.64. The van der Waals surface area contributed by atoms with Crippen LogP contribution < -0.4 is 20.5 Å². The average molecular weight is 467 g/mol. The number of amides is 2. The number of ether oxygens (including phenoxy) is 2. The zero-order chi connectivity index (χ0) is 24.4. The number of aliphatic carboxylic acids is 1. The summed E-state index contributed by atoms with van der Waals surface area (Å²) in [5.41, 5.74) is -0.298. The molecule has 3 aromatic rings. The van der Waals surface area contributed by atoms with E-state index in [9.17, 15) is 24.3 Å². The first-order chi connectivity index (χ1) is 16.3. The predicted molar refractivity (Wildman–Crippen MR) is 121 cm³/mol. The molecule has 2 aromatic carbocycles. The summed E-state index contributed by atoms with van der Waals surface area (Å²) in [5, 5.41) is 21.6. The number of nitrogens with zero attached hydrogens (tertiary/aromatic N) is 2. The second-order valence-corrected chi connectivity index (χ2v) is 7.54. The molecule has 0 radical (unpaired) electrons. The second-order valence-electron chi connectivity index (χ2n) is 7.54. The SMILES string of the molecule is Cn1c(=O)c(C(=O)NCC(=O)O)c(O)c2ccc(Oc3ccc(N4CCOCC4=O)cc3)cc21. The maximum Gasteiger partial charge on any atom is 0.322 e. The molecule has 0 spiro atoms. The van der Waals surface area contributed by atoms with Crippen molar-refractivity contribution in [2.45, 2.75) is 0 Å². The number of anilines is 1. The van der Waals surface area contributed by atoms with Gasteiger partial charge in [0.15, 0.2) is 0 Å². The minimum atomic E-state index is -1.28. The summed E-state index contributed by atoms with van der Waals surface area (Å²) in [6.45, 7) is 0.293. The number of benzene rings is 2. The monoisotopic (exact) mass is 467 g/mol. The highest BCUT2D eigenvalue weighted by atomic mass is 16.5. The van der Waals surface area contributed by atoms with Gasteiger partial charge in [0.1, 0.15) is 36.0 Å². The third-order valence-electron chi connectivity index (χ3n) is 5.34. The van der Waals surface area contributed by atoms with Gasteiger partial charge in [-0.2, -0.15) is 0 Å². The molecule has 0 bridgehead atoms. The van der Waals surface area contributed by atoms with Crippen LogP contribution in [-0.2, 0) is 21.4 Å². The van der Waals surface area contributed by atoms with Crippen molar-refractivity contribution in [1.29, 1.82) is 0 Å². The number of nitrogens with one attached hydrogen (secondary N) is 1. The Hall–Kier alpha value is -4.38. The van der Waals surface area contributed by atoms with Crippen LogP contribution in [0.4, 0.5) is 5.69 Å².